The quantitative estimate of drug-likeness (QED) is 0.743. The van der Waals surface area contributed by atoms with E-state index in [1.807, 2.05) is 18.2 Å². The summed E-state index contributed by atoms with van der Waals surface area (Å²) in [6.45, 7) is 3.40. The molecule has 2 aromatic rings. The molecule has 0 N–H and O–H groups in total. The Morgan fingerprint density at radius 2 is 1.65 bits per heavy atom. The largest absolute Gasteiger partial charge is 0.309 e. The molecule has 0 fully saturated rings. The van der Waals surface area contributed by atoms with E-state index in [2.05, 4.69) is 56.3 Å². The van der Waals surface area contributed by atoms with Gasteiger partial charge < -0.3 is 4.90 Å². The molecule has 0 aliphatic carbocycles. The van der Waals surface area contributed by atoms with Crippen molar-refractivity contribution in [2.45, 2.75) is 19.3 Å². The van der Waals surface area contributed by atoms with Crippen LogP contribution in [0, 0.1) is 0 Å². The number of rotatable bonds is 5. The van der Waals surface area contributed by atoms with Crippen LogP contribution in [0.4, 0.5) is 0 Å². The molecule has 0 aromatic heterocycles. The van der Waals surface area contributed by atoms with Crippen LogP contribution in [0.5, 0.6) is 0 Å². The van der Waals surface area contributed by atoms with Crippen molar-refractivity contribution < 1.29 is 0 Å². The second kappa shape index (κ2) is 6.92. The van der Waals surface area contributed by atoms with E-state index in [9.17, 15) is 0 Å². The average molecular weight is 288 g/mol. The summed E-state index contributed by atoms with van der Waals surface area (Å²) < 4.78 is 0. The molecule has 0 bridgehead atoms. The molecule has 20 heavy (non-hydrogen) atoms. The van der Waals surface area contributed by atoms with Crippen LogP contribution < -0.4 is 0 Å². The van der Waals surface area contributed by atoms with Gasteiger partial charge in [-0.3, -0.25) is 0 Å². The highest BCUT2D eigenvalue weighted by Gasteiger charge is 2.07. The molecule has 0 radical (unpaired) electrons. The molecular weight excluding hydrogens is 266 g/mol. The predicted octanol–water partition coefficient (Wildman–Crippen LogP) is 5.06. The van der Waals surface area contributed by atoms with Crippen molar-refractivity contribution in [3.8, 4) is 11.1 Å². The summed E-state index contributed by atoms with van der Waals surface area (Å²) in [7, 11) is 4.24. The highest BCUT2D eigenvalue weighted by atomic mass is 35.5. The molecule has 0 saturated carbocycles. The second-order valence-electron chi connectivity index (χ2n) is 5.59. The van der Waals surface area contributed by atoms with Gasteiger partial charge in [0.2, 0.25) is 0 Å². The van der Waals surface area contributed by atoms with Gasteiger partial charge in [-0.15, -0.1) is 0 Å². The highest BCUT2D eigenvalue weighted by molar-refractivity contribution is 6.33. The smallest absolute Gasteiger partial charge is 0.0484 e. The standard InChI is InChI=1S/C18H22ClN/c1-14(12-13-20(2)3)15-8-10-16(11-9-15)17-6-4-5-7-18(17)19/h4-11,14H,12-13H2,1-3H3. The normalized spacial score (nSPS) is 12.7. The van der Waals surface area contributed by atoms with Gasteiger partial charge in [-0.25, -0.2) is 0 Å². The Balaban J connectivity index is 2.12. The van der Waals surface area contributed by atoms with Crippen LogP contribution in [0.2, 0.25) is 5.02 Å². The average Bonchev–Trinajstić information content (AvgIpc) is 2.45. The van der Waals surface area contributed by atoms with E-state index in [1.54, 1.807) is 0 Å². The lowest BCUT2D eigenvalue weighted by Crippen LogP contribution is -2.14. The van der Waals surface area contributed by atoms with Crippen LogP contribution in [0.3, 0.4) is 0 Å². The van der Waals surface area contributed by atoms with Crippen LogP contribution in [-0.2, 0) is 0 Å². The fourth-order valence-corrected chi connectivity index (χ4v) is 2.55. The Morgan fingerprint density at radius 1 is 1.00 bits per heavy atom. The number of hydrogen-bond acceptors (Lipinski definition) is 1. The van der Waals surface area contributed by atoms with Crippen molar-refractivity contribution in [3.05, 3.63) is 59.1 Å². The lowest BCUT2D eigenvalue weighted by Gasteiger charge is -2.16. The number of benzene rings is 2. The van der Waals surface area contributed by atoms with Crippen molar-refractivity contribution in [2.75, 3.05) is 20.6 Å². The molecule has 0 spiro atoms. The van der Waals surface area contributed by atoms with Crippen LogP contribution in [0.1, 0.15) is 24.8 Å². The number of halogens is 1. The molecule has 0 aliphatic rings. The number of hydrogen-bond donors (Lipinski definition) is 0. The van der Waals surface area contributed by atoms with E-state index < -0.39 is 0 Å². The summed E-state index contributed by atoms with van der Waals surface area (Å²) in [6, 6.07) is 16.8. The number of nitrogens with zero attached hydrogens (tertiary/aromatic N) is 1. The lowest BCUT2D eigenvalue weighted by atomic mass is 9.95. The van der Waals surface area contributed by atoms with Gasteiger partial charge in [-0.05, 0) is 50.2 Å². The van der Waals surface area contributed by atoms with Crippen LogP contribution >= 0.6 is 11.6 Å². The van der Waals surface area contributed by atoms with Crippen molar-refractivity contribution in [1.82, 2.24) is 4.90 Å². The molecule has 2 aromatic carbocycles. The first-order valence-corrected chi connectivity index (χ1v) is 7.45. The van der Waals surface area contributed by atoms with Gasteiger partial charge in [-0.1, -0.05) is 61.0 Å². The van der Waals surface area contributed by atoms with Gasteiger partial charge in [0.05, 0.1) is 0 Å². The molecule has 1 unspecified atom stereocenters. The molecule has 2 heteroatoms. The minimum absolute atomic E-state index is 0.581. The third-order valence-corrected chi connectivity index (χ3v) is 4.00. The first kappa shape index (κ1) is 15.1. The zero-order chi connectivity index (χ0) is 14.5. The second-order valence-corrected chi connectivity index (χ2v) is 6.00. The lowest BCUT2D eigenvalue weighted by molar-refractivity contribution is 0.386. The van der Waals surface area contributed by atoms with Crippen LogP contribution in [0.25, 0.3) is 11.1 Å². The van der Waals surface area contributed by atoms with Crippen molar-refractivity contribution >= 4 is 11.6 Å². The van der Waals surface area contributed by atoms with Gasteiger partial charge >= 0.3 is 0 Å². The maximum atomic E-state index is 6.24. The Labute approximate surface area is 127 Å². The highest BCUT2D eigenvalue weighted by Crippen LogP contribution is 2.29. The SMILES string of the molecule is CC(CCN(C)C)c1ccc(-c2ccccc2Cl)cc1. The van der Waals surface area contributed by atoms with Crippen LogP contribution in [0.15, 0.2) is 48.5 Å². The summed E-state index contributed by atoms with van der Waals surface area (Å²) in [6.07, 6.45) is 1.18. The van der Waals surface area contributed by atoms with Gasteiger partial charge in [0, 0.05) is 10.6 Å². The molecule has 2 rings (SSSR count). The Hall–Kier alpha value is -1.31. The molecule has 0 aliphatic heterocycles. The summed E-state index contributed by atoms with van der Waals surface area (Å²) >= 11 is 6.24. The first-order chi connectivity index (χ1) is 9.58. The van der Waals surface area contributed by atoms with E-state index >= 15 is 0 Å². The Kier molecular flexibility index (Phi) is 5.22. The third-order valence-electron chi connectivity index (χ3n) is 3.67. The molecule has 1 atom stereocenters. The maximum Gasteiger partial charge on any atom is 0.0484 e. The third kappa shape index (κ3) is 3.84. The fourth-order valence-electron chi connectivity index (χ4n) is 2.31. The fraction of sp³-hybridized carbons (Fsp3) is 0.333. The maximum absolute atomic E-state index is 6.24. The minimum Gasteiger partial charge on any atom is -0.309 e. The van der Waals surface area contributed by atoms with E-state index in [0.29, 0.717) is 5.92 Å². The molecule has 1 nitrogen and oxygen atoms in total. The van der Waals surface area contributed by atoms with E-state index in [-0.39, 0.29) is 0 Å². The van der Waals surface area contributed by atoms with E-state index in [0.717, 1.165) is 17.1 Å². The van der Waals surface area contributed by atoms with Crippen molar-refractivity contribution in [1.29, 1.82) is 0 Å². The van der Waals surface area contributed by atoms with E-state index in [1.165, 1.54) is 17.5 Å². The zero-order valence-corrected chi connectivity index (χ0v) is 13.2. The van der Waals surface area contributed by atoms with Crippen LogP contribution in [-0.4, -0.2) is 25.5 Å². The molecule has 0 heterocycles. The first-order valence-electron chi connectivity index (χ1n) is 7.07. The monoisotopic (exact) mass is 287 g/mol. The Bertz CT molecular complexity index is 546. The molecular formula is C18H22ClN. The minimum atomic E-state index is 0.581. The van der Waals surface area contributed by atoms with Gasteiger partial charge in [0.1, 0.15) is 0 Å². The molecule has 0 amide bonds. The topological polar surface area (TPSA) is 3.24 Å². The molecule has 106 valence electrons. The van der Waals surface area contributed by atoms with Gasteiger partial charge in [-0.2, -0.15) is 0 Å². The predicted molar refractivity (Wildman–Crippen MR) is 88.5 cm³/mol. The molecule has 0 saturated heterocycles. The van der Waals surface area contributed by atoms with Gasteiger partial charge in [0.25, 0.3) is 0 Å². The Morgan fingerprint density at radius 3 is 2.25 bits per heavy atom. The summed E-state index contributed by atoms with van der Waals surface area (Å²) in [5, 5.41) is 0.806. The summed E-state index contributed by atoms with van der Waals surface area (Å²) in [4.78, 5) is 2.23. The summed E-state index contributed by atoms with van der Waals surface area (Å²) in [5.74, 6) is 0.581. The zero-order valence-electron chi connectivity index (χ0n) is 12.4. The van der Waals surface area contributed by atoms with Crippen molar-refractivity contribution in [3.63, 3.8) is 0 Å². The summed E-state index contributed by atoms with van der Waals surface area (Å²) in [5.41, 5.74) is 3.67. The van der Waals surface area contributed by atoms with E-state index in [4.69, 9.17) is 11.6 Å². The van der Waals surface area contributed by atoms with Crippen molar-refractivity contribution in [2.24, 2.45) is 0 Å². The van der Waals surface area contributed by atoms with Gasteiger partial charge in [0.15, 0.2) is 0 Å².